The lowest BCUT2D eigenvalue weighted by molar-refractivity contribution is 0.270. The van der Waals surface area contributed by atoms with Crippen LogP contribution in [0.4, 0.5) is 0 Å². The minimum absolute atomic E-state index is 0.181. The molecule has 1 aliphatic carbocycles. The molecule has 2 rings (SSSR count). The Morgan fingerprint density at radius 3 is 2.58 bits per heavy atom. The van der Waals surface area contributed by atoms with E-state index in [-0.39, 0.29) is 5.25 Å². The summed E-state index contributed by atoms with van der Waals surface area (Å²) in [4.78, 5) is 0. The molecule has 19 heavy (non-hydrogen) atoms. The maximum absolute atomic E-state index is 12.2. The van der Waals surface area contributed by atoms with Gasteiger partial charge in [-0.15, -0.1) is 0 Å². The van der Waals surface area contributed by atoms with E-state index < -0.39 is 10.0 Å². The Morgan fingerprint density at radius 1 is 1.16 bits per heavy atom. The van der Waals surface area contributed by atoms with Crippen molar-refractivity contribution in [3.05, 3.63) is 0 Å². The number of hydrogen-bond acceptors (Lipinski definition) is 3. The lowest BCUT2D eigenvalue weighted by Crippen LogP contribution is -2.42. The molecule has 1 saturated heterocycles. The summed E-state index contributed by atoms with van der Waals surface area (Å²) in [5, 5.41) is 3.03. The van der Waals surface area contributed by atoms with Crippen molar-refractivity contribution in [1.82, 2.24) is 10.0 Å². The summed E-state index contributed by atoms with van der Waals surface area (Å²) in [6, 6.07) is 0. The normalized spacial score (nSPS) is 30.4. The molecule has 2 N–H and O–H groups in total. The maximum Gasteiger partial charge on any atom is 0.214 e. The Balaban J connectivity index is 1.71. The second kappa shape index (κ2) is 7.04. The number of rotatable bonds is 5. The summed E-state index contributed by atoms with van der Waals surface area (Å²) < 4.78 is 27.1. The first-order valence-electron chi connectivity index (χ1n) is 7.77. The van der Waals surface area contributed by atoms with Gasteiger partial charge in [-0.2, -0.15) is 0 Å². The van der Waals surface area contributed by atoms with Gasteiger partial charge in [0.2, 0.25) is 10.0 Å². The zero-order valence-electron chi connectivity index (χ0n) is 12.0. The lowest BCUT2D eigenvalue weighted by atomic mass is 9.81. The molecule has 0 aromatic rings. The average molecular weight is 288 g/mol. The van der Waals surface area contributed by atoms with Crippen molar-refractivity contribution in [2.75, 3.05) is 19.6 Å². The molecule has 4 nitrogen and oxygen atoms in total. The van der Waals surface area contributed by atoms with Crippen molar-refractivity contribution >= 4 is 10.0 Å². The van der Waals surface area contributed by atoms with Crippen molar-refractivity contribution in [3.8, 4) is 0 Å². The Labute approximate surface area is 117 Å². The van der Waals surface area contributed by atoms with E-state index in [1.165, 1.54) is 25.7 Å². The van der Waals surface area contributed by atoms with Gasteiger partial charge in [-0.1, -0.05) is 26.2 Å². The van der Waals surface area contributed by atoms with E-state index in [0.717, 1.165) is 44.2 Å². The molecule has 112 valence electrons. The third-order valence-electron chi connectivity index (χ3n) is 4.63. The quantitative estimate of drug-likeness (QED) is 0.812. The largest absolute Gasteiger partial charge is 0.317 e. The standard InChI is InChI=1S/C14H28N2O2S/c1-12-3-2-4-13(11-12)5-10-16-19(17,18)14-6-8-15-9-7-14/h12-16H,2-11H2,1H3. The molecule has 1 aliphatic heterocycles. The van der Waals surface area contributed by atoms with Gasteiger partial charge in [0, 0.05) is 6.54 Å². The van der Waals surface area contributed by atoms with Gasteiger partial charge in [-0.05, 0) is 50.6 Å². The molecule has 2 atom stereocenters. The summed E-state index contributed by atoms with van der Waals surface area (Å²) in [5.41, 5.74) is 0. The number of hydrogen-bond donors (Lipinski definition) is 2. The van der Waals surface area contributed by atoms with E-state index in [4.69, 9.17) is 0 Å². The predicted molar refractivity (Wildman–Crippen MR) is 78.6 cm³/mol. The van der Waals surface area contributed by atoms with Gasteiger partial charge in [0.25, 0.3) is 0 Å². The minimum atomic E-state index is -3.09. The highest BCUT2D eigenvalue weighted by Gasteiger charge is 2.27. The highest BCUT2D eigenvalue weighted by atomic mass is 32.2. The summed E-state index contributed by atoms with van der Waals surface area (Å²) in [6.45, 7) is 4.59. The minimum Gasteiger partial charge on any atom is -0.317 e. The van der Waals surface area contributed by atoms with Gasteiger partial charge >= 0.3 is 0 Å². The van der Waals surface area contributed by atoms with E-state index in [9.17, 15) is 8.42 Å². The molecule has 0 aromatic carbocycles. The van der Waals surface area contributed by atoms with Gasteiger partial charge in [0.15, 0.2) is 0 Å². The molecule has 1 saturated carbocycles. The van der Waals surface area contributed by atoms with Crippen molar-refractivity contribution in [2.24, 2.45) is 11.8 Å². The third kappa shape index (κ3) is 4.72. The average Bonchev–Trinajstić information content (AvgIpc) is 2.40. The molecule has 2 fully saturated rings. The molecule has 2 unspecified atom stereocenters. The first-order chi connectivity index (χ1) is 9.08. The molecule has 0 amide bonds. The monoisotopic (exact) mass is 288 g/mol. The van der Waals surface area contributed by atoms with Crippen molar-refractivity contribution in [1.29, 1.82) is 0 Å². The highest BCUT2D eigenvalue weighted by Crippen LogP contribution is 2.30. The zero-order chi connectivity index (χ0) is 13.7. The summed E-state index contributed by atoms with van der Waals surface area (Å²) in [5.74, 6) is 1.54. The van der Waals surface area contributed by atoms with Gasteiger partial charge in [0.1, 0.15) is 0 Å². The molecular formula is C14H28N2O2S. The van der Waals surface area contributed by atoms with E-state index in [1.54, 1.807) is 0 Å². The van der Waals surface area contributed by atoms with E-state index in [2.05, 4.69) is 17.0 Å². The van der Waals surface area contributed by atoms with Gasteiger partial charge < -0.3 is 5.32 Å². The maximum atomic E-state index is 12.2. The van der Waals surface area contributed by atoms with Crippen LogP contribution in [-0.2, 0) is 10.0 Å². The van der Waals surface area contributed by atoms with E-state index >= 15 is 0 Å². The third-order valence-corrected chi connectivity index (χ3v) is 6.58. The van der Waals surface area contributed by atoms with Crippen LogP contribution in [0.25, 0.3) is 0 Å². The Hall–Kier alpha value is -0.130. The van der Waals surface area contributed by atoms with Crippen molar-refractivity contribution in [3.63, 3.8) is 0 Å². The fraction of sp³-hybridized carbons (Fsp3) is 1.00. The van der Waals surface area contributed by atoms with Crippen LogP contribution in [-0.4, -0.2) is 33.3 Å². The van der Waals surface area contributed by atoms with Gasteiger partial charge in [-0.3, -0.25) is 0 Å². The van der Waals surface area contributed by atoms with Crippen LogP contribution < -0.4 is 10.0 Å². The van der Waals surface area contributed by atoms with Crippen LogP contribution in [0, 0.1) is 11.8 Å². The van der Waals surface area contributed by atoms with Crippen LogP contribution in [0.3, 0.4) is 0 Å². The SMILES string of the molecule is CC1CCCC(CCNS(=O)(=O)C2CCNCC2)C1. The van der Waals surface area contributed by atoms with Crippen LogP contribution in [0.5, 0.6) is 0 Å². The van der Waals surface area contributed by atoms with Crippen molar-refractivity contribution < 1.29 is 8.42 Å². The molecule has 2 aliphatic rings. The summed E-state index contributed by atoms with van der Waals surface area (Å²) in [7, 11) is -3.09. The van der Waals surface area contributed by atoms with Gasteiger partial charge in [0.05, 0.1) is 5.25 Å². The molecule has 1 heterocycles. The van der Waals surface area contributed by atoms with Crippen LogP contribution in [0.1, 0.15) is 51.9 Å². The fourth-order valence-electron chi connectivity index (χ4n) is 3.45. The Morgan fingerprint density at radius 2 is 1.89 bits per heavy atom. The summed E-state index contributed by atoms with van der Waals surface area (Å²) in [6.07, 6.45) is 7.71. The highest BCUT2D eigenvalue weighted by molar-refractivity contribution is 7.90. The molecule has 0 spiro atoms. The Kier molecular flexibility index (Phi) is 5.66. The molecule has 5 heteroatoms. The first-order valence-corrected chi connectivity index (χ1v) is 9.32. The number of nitrogens with one attached hydrogen (secondary N) is 2. The van der Waals surface area contributed by atoms with Crippen LogP contribution >= 0.6 is 0 Å². The molecular weight excluding hydrogens is 260 g/mol. The lowest BCUT2D eigenvalue weighted by Gasteiger charge is -2.27. The predicted octanol–water partition coefficient (Wildman–Crippen LogP) is 1.87. The molecule has 0 bridgehead atoms. The van der Waals surface area contributed by atoms with Crippen LogP contribution in [0.2, 0.25) is 0 Å². The fourth-order valence-corrected chi connectivity index (χ4v) is 4.95. The summed E-state index contributed by atoms with van der Waals surface area (Å²) >= 11 is 0. The second-order valence-electron chi connectivity index (χ2n) is 6.32. The second-order valence-corrected chi connectivity index (χ2v) is 8.36. The zero-order valence-corrected chi connectivity index (χ0v) is 12.8. The number of piperidine rings is 1. The molecule has 0 aromatic heterocycles. The van der Waals surface area contributed by atoms with E-state index in [1.807, 2.05) is 0 Å². The number of sulfonamides is 1. The molecule has 0 radical (unpaired) electrons. The van der Waals surface area contributed by atoms with Gasteiger partial charge in [-0.25, -0.2) is 13.1 Å². The van der Waals surface area contributed by atoms with Crippen molar-refractivity contribution in [2.45, 2.75) is 57.1 Å². The smallest absolute Gasteiger partial charge is 0.214 e. The van der Waals surface area contributed by atoms with E-state index in [0.29, 0.717) is 6.54 Å². The topological polar surface area (TPSA) is 58.2 Å². The first kappa shape index (κ1) is 15.3. The van der Waals surface area contributed by atoms with Crippen LogP contribution in [0.15, 0.2) is 0 Å². The Bertz CT molecular complexity index is 364.